The van der Waals surface area contributed by atoms with Crippen molar-refractivity contribution in [2.24, 2.45) is 0 Å². The molecule has 0 amide bonds. The number of nitriles is 2. The molecule has 0 radical (unpaired) electrons. The van der Waals surface area contributed by atoms with Gasteiger partial charge < -0.3 is 13.7 Å². The minimum Gasteiger partial charge on any atom is -0.308 e. The minimum atomic E-state index is 0.611. The molecule has 0 aliphatic carbocycles. The smallest absolute Gasteiger partial charge is 0.101 e. The Morgan fingerprint density at radius 1 is 0.345 bits per heavy atom. The van der Waals surface area contributed by atoms with Crippen LogP contribution >= 0.6 is 0 Å². The second kappa shape index (κ2) is 11.8. The predicted octanol–water partition coefficient (Wildman–Crippen LogP) is 12.4. The highest BCUT2D eigenvalue weighted by molar-refractivity contribution is 6.15. The Morgan fingerprint density at radius 3 is 1.42 bits per heavy atom. The van der Waals surface area contributed by atoms with E-state index in [2.05, 4.69) is 171 Å². The monoisotopic (exact) mass is 699 g/mol. The molecule has 254 valence electrons. The molecule has 11 aromatic rings. The van der Waals surface area contributed by atoms with Gasteiger partial charge in [0.15, 0.2) is 0 Å². The molecule has 0 aliphatic rings. The Morgan fingerprint density at radius 2 is 0.855 bits per heavy atom. The predicted molar refractivity (Wildman–Crippen MR) is 224 cm³/mol. The summed E-state index contributed by atoms with van der Waals surface area (Å²) in [5.74, 6) is 0. The van der Waals surface area contributed by atoms with Crippen molar-refractivity contribution in [3.05, 3.63) is 187 Å². The summed E-state index contributed by atoms with van der Waals surface area (Å²) in [5, 5.41) is 27.2. The molecule has 0 saturated carbocycles. The van der Waals surface area contributed by atoms with E-state index in [0.29, 0.717) is 11.1 Å². The van der Waals surface area contributed by atoms with Crippen molar-refractivity contribution in [3.63, 3.8) is 0 Å². The lowest BCUT2D eigenvalue weighted by Gasteiger charge is -2.15. The normalized spacial score (nSPS) is 11.6. The Hall–Kier alpha value is -7.86. The van der Waals surface area contributed by atoms with E-state index < -0.39 is 0 Å². The molecular formula is C50H29N5. The van der Waals surface area contributed by atoms with Crippen LogP contribution in [0.15, 0.2) is 176 Å². The van der Waals surface area contributed by atoms with Gasteiger partial charge in [0.05, 0.1) is 61.7 Å². The fourth-order valence-electron chi connectivity index (χ4n) is 8.74. The fraction of sp³-hybridized carbons (Fsp3) is 0. The molecule has 5 nitrogen and oxygen atoms in total. The van der Waals surface area contributed by atoms with Crippen molar-refractivity contribution in [2.45, 2.75) is 0 Å². The summed E-state index contributed by atoms with van der Waals surface area (Å²) < 4.78 is 6.88. The molecule has 0 fully saturated rings. The first-order valence-electron chi connectivity index (χ1n) is 18.3. The van der Waals surface area contributed by atoms with Crippen LogP contribution in [0.25, 0.3) is 93.6 Å². The molecule has 0 N–H and O–H groups in total. The van der Waals surface area contributed by atoms with E-state index >= 15 is 0 Å². The van der Waals surface area contributed by atoms with Crippen LogP contribution in [-0.4, -0.2) is 13.7 Å². The van der Waals surface area contributed by atoms with Crippen LogP contribution in [0.4, 0.5) is 0 Å². The first kappa shape index (κ1) is 30.7. The van der Waals surface area contributed by atoms with Crippen molar-refractivity contribution < 1.29 is 0 Å². The maximum atomic E-state index is 10.5. The fourth-order valence-corrected chi connectivity index (χ4v) is 8.74. The molecule has 0 unspecified atom stereocenters. The van der Waals surface area contributed by atoms with Gasteiger partial charge in [0.25, 0.3) is 0 Å². The van der Waals surface area contributed by atoms with Crippen molar-refractivity contribution in [2.75, 3.05) is 0 Å². The zero-order valence-corrected chi connectivity index (χ0v) is 29.5. The van der Waals surface area contributed by atoms with Gasteiger partial charge >= 0.3 is 0 Å². The van der Waals surface area contributed by atoms with E-state index in [4.69, 9.17) is 0 Å². The first-order valence-corrected chi connectivity index (χ1v) is 18.3. The largest absolute Gasteiger partial charge is 0.308 e. The van der Waals surface area contributed by atoms with E-state index in [9.17, 15) is 10.5 Å². The summed E-state index contributed by atoms with van der Waals surface area (Å²) in [6, 6.07) is 65.9. The van der Waals surface area contributed by atoms with Gasteiger partial charge in [0, 0.05) is 38.0 Å². The van der Waals surface area contributed by atoms with Crippen LogP contribution < -0.4 is 0 Å². The molecule has 55 heavy (non-hydrogen) atoms. The van der Waals surface area contributed by atoms with Crippen molar-refractivity contribution >= 4 is 65.4 Å². The van der Waals surface area contributed by atoms with Crippen LogP contribution in [0.3, 0.4) is 0 Å². The molecule has 0 bridgehead atoms. The van der Waals surface area contributed by atoms with Crippen molar-refractivity contribution in [1.82, 2.24) is 13.7 Å². The Balaban J connectivity index is 1.09. The summed E-state index contributed by atoms with van der Waals surface area (Å²) in [4.78, 5) is 0. The molecule has 3 aromatic heterocycles. The first-order chi connectivity index (χ1) is 27.2. The number of hydrogen-bond donors (Lipinski definition) is 0. The number of nitrogens with zero attached hydrogens (tertiary/aromatic N) is 5. The molecule has 5 heteroatoms. The Bertz CT molecular complexity index is 3350. The summed E-state index contributed by atoms with van der Waals surface area (Å²) in [5.41, 5.74) is 12.7. The van der Waals surface area contributed by atoms with Crippen LogP contribution in [0.5, 0.6) is 0 Å². The van der Waals surface area contributed by atoms with E-state index in [1.165, 1.54) is 10.8 Å². The van der Waals surface area contributed by atoms with Gasteiger partial charge in [0.1, 0.15) is 6.07 Å². The van der Waals surface area contributed by atoms with Crippen molar-refractivity contribution in [1.29, 1.82) is 10.5 Å². The molecule has 0 atom stereocenters. The third kappa shape index (κ3) is 4.45. The molecule has 3 heterocycles. The highest BCUT2D eigenvalue weighted by atomic mass is 15.1. The summed E-state index contributed by atoms with van der Waals surface area (Å²) in [7, 11) is 0. The van der Waals surface area contributed by atoms with Gasteiger partial charge in [-0.1, -0.05) is 103 Å². The number of rotatable bonds is 4. The lowest BCUT2D eigenvalue weighted by molar-refractivity contribution is 1.13. The zero-order chi connectivity index (χ0) is 36.6. The highest BCUT2D eigenvalue weighted by Crippen LogP contribution is 2.40. The van der Waals surface area contributed by atoms with Gasteiger partial charge in [0.2, 0.25) is 0 Å². The average Bonchev–Trinajstić information content (AvgIpc) is 3.89. The van der Waals surface area contributed by atoms with Gasteiger partial charge in [-0.3, -0.25) is 0 Å². The van der Waals surface area contributed by atoms with Gasteiger partial charge in [-0.05, 0) is 83.9 Å². The molecule has 0 spiro atoms. The van der Waals surface area contributed by atoms with Crippen LogP contribution in [0, 0.1) is 22.7 Å². The molecule has 0 aliphatic heterocycles. The minimum absolute atomic E-state index is 0.611. The maximum Gasteiger partial charge on any atom is 0.101 e. The summed E-state index contributed by atoms with van der Waals surface area (Å²) >= 11 is 0. The van der Waals surface area contributed by atoms with Crippen molar-refractivity contribution in [3.8, 4) is 40.3 Å². The maximum absolute atomic E-state index is 10.5. The van der Waals surface area contributed by atoms with Gasteiger partial charge in [-0.15, -0.1) is 0 Å². The second-order valence-corrected chi connectivity index (χ2v) is 14.0. The lowest BCUT2D eigenvalue weighted by atomic mass is 10.0. The van der Waals surface area contributed by atoms with E-state index in [1.54, 1.807) is 0 Å². The quantitative estimate of drug-likeness (QED) is 0.184. The average molecular weight is 700 g/mol. The highest BCUT2D eigenvalue weighted by Gasteiger charge is 2.21. The number of fused-ring (bicyclic) bond motifs is 9. The SMILES string of the molecule is N#Cc1ccc2c(c1)c1cccc(-n3c4ccccc4c4ccccc43)c1n2-c1ccc(-c2ccc(-n3c4ccccc4c4ccccc43)c(C#N)c2)cc1. The van der Waals surface area contributed by atoms with Gasteiger partial charge in [-0.2, -0.15) is 10.5 Å². The van der Waals surface area contributed by atoms with E-state index in [0.717, 1.165) is 82.8 Å². The number of aromatic nitrogens is 3. The molecule has 0 saturated heterocycles. The zero-order valence-electron chi connectivity index (χ0n) is 29.5. The third-order valence-electron chi connectivity index (χ3n) is 11.1. The van der Waals surface area contributed by atoms with Crippen LogP contribution in [0.1, 0.15) is 11.1 Å². The van der Waals surface area contributed by atoms with Crippen LogP contribution in [0.2, 0.25) is 0 Å². The Labute approximate surface area is 316 Å². The molecular weight excluding hydrogens is 671 g/mol. The second-order valence-electron chi connectivity index (χ2n) is 14.0. The summed E-state index contributed by atoms with van der Waals surface area (Å²) in [6.45, 7) is 0. The Kier molecular flexibility index (Phi) is 6.61. The number of benzene rings is 8. The third-order valence-corrected chi connectivity index (χ3v) is 11.1. The number of hydrogen-bond acceptors (Lipinski definition) is 2. The van der Waals surface area contributed by atoms with E-state index in [1.807, 2.05) is 30.3 Å². The molecule has 8 aromatic carbocycles. The summed E-state index contributed by atoms with van der Waals surface area (Å²) in [6.07, 6.45) is 0. The number of para-hydroxylation sites is 5. The standard InChI is InChI=1S/C50H29N5/c51-30-32-20-26-48-42(28-32)41-14-9-19-49(55-46-17-7-3-12-39(46)40-13-4-8-18-47(40)55)50(41)53(48)36-24-21-33(22-25-36)34-23-27-43(35(29-34)31-52)54-44-15-5-1-10-37(44)38-11-2-6-16-45(38)54/h1-29H. The van der Waals surface area contributed by atoms with E-state index in [-0.39, 0.29) is 0 Å². The molecule has 11 rings (SSSR count). The topological polar surface area (TPSA) is 62.4 Å². The van der Waals surface area contributed by atoms with Gasteiger partial charge in [-0.25, -0.2) is 0 Å². The lowest BCUT2D eigenvalue weighted by Crippen LogP contribution is -2.00. The van der Waals surface area contributed by atoms with Crippen LogP contribution in [-0.2, 0) is 0 Å².